The number of hydrogen-bond acceptors (Lipinski definition) is 3. The number of aryl methyl sites for hydroxylation is 2. The predicted octanol–water partition coefficient (Wildman–Crippen LogP) is 17.8. The lowest BCUT2D eigenvalue weighted by Crippen LogP contribution is -2.32. The molecule has 16 rings (SSSR count). The average molecular weight is 891 g/mol. The Kier molecular flexibility index (Phi) is 7.66. The van der Waals surface area contributed by atoms with Gasteiger partial charge in [0, 0.05) is 22.0 Å². The number of para-hydroxylation sites is 2. The van der Waals surface area contributed by atoms with E-state index >= 15 is 0 Å². The Hall–Kier alpha value is -8.92. The van der Waals surface area contributed by atoms with Crippen LogP contribution in [0.15, 0.2) is 235 Å². The smallest absolute Gasteiger partial charge is 0.159 e. The SMILES string of the molecule is c1ccc(-c2ccc3c(c2)N(c2ccccc2)c2cc(-c4ccccc4)ccc2N3c2cccc3c2oc2c4c(ccc23)C2(c3ccccc3-c3ccccc32)c2ccc3c5c(ccc-4c25)CC3)cc1. The largest absolute Gasteiger partial charge is 0.453 e. The fourth-order valence-corrected chi connectivity index (χ4v) is 13.2. The van der Waals surface area contributed by atoms with Gasteiger partial charge in [-0.25, -0.2) is 0 Å². The summed E-state index contributed by atoms with van der Waals surface area (Å²) >= 11 is 0. The minimum Gasteiger partial charge on any atom is -0.453 e. The molecule has 0 N–H and O–H groups in total. The Bertz CT molecular complexity index is 4040. The first-order chi connectivity index (χ1) is 34.7. The molecule has 11 aromatic carbocycles. The third-order valence-electron chi connectivity index (χ3n) is 16.1. The highest BCUT2D eigenvalue weighted by molar-refractivity contribution is 6.20. The van der Waals surface area contributed by atoms with Crippen LogP contribution in [0.5, 0.6) is 0 Å². The molecule has 0 unspecified atom stereocenters. The molecular weight excluding hydrogens is 849 g/mol. The topological polar surface area (TPSA) is 19.6 Å². The molecule has 0 saturated carbocycles. The summed E-state index contributed by atoms with van der Waals surface area (Å²) in [7, 11) is 0. The van der Waals surface area contributed by atoms with E-state index < -0.39 is 5.41 Å². The van der Waals surface area contributed by atoms with E-state index in [-0.39, 0.29) is 0 Å². The first kappa shape index (κ1) is 38.1. The first-order valence-electron chi connectivity index (χ1n) is 24.5. The summed E-state index contributed by atoms with van der Waals surface area (Å²) < 4.78 is 7.71. The monoisotopic (exact) mass is 890 g/mol. The summed E-state index contributed by atoms with van der Waals surface area (Å²) in [6, 6.07) is 85.6. The minimum absolute atomic E-state index is 0.524. The predicted molar refractivity (Wildman–Crippen MR) is 289 cm³/mol. The number of furan rings is 1. The molecule has 0 radical (unpaired) electrons. The van der Waals surface area contributed by atoms with E-state index in [1.807, 2.05) is 0 Å². The quantitative estimate of drug-likeness (QED) is 0.176. The van der Waals surface area contributed by atoms with Crippen molar-refractivity contribution in [3.63, 3.8) is 0 Å². The zero-order chi connectivity index (χ0) is 45.7. The van der Waals surface area contributed by atoms with E-state index in [4.69, 9.17) is 4.42 Å². The van der Waals surface area contributed by atoms with Crippen LogP contribution in [0, 0.1) is 0 Å². The Labute approximate surface area is 405 Å². The summed E-state index contributed by atoms with van der Waals surface area (Å²) in [5, 5.41) is 5.04. The Balaban J connectivity index is 0.998. The maximum atomic E-state index is 7.71. The maximum absolute atomic E-state index is 7.71. The molecule has 0 amide bonds. The molecule has 1 aliphatic heterocycles. The van der Waals surface area contributed by atoms with Gasteiger partial charge in [-0.1, -0.05) is 188 Å². The lowest BCUT2D eigenvalue weighted by atomic mass is 9.61. The zero-order valence-electron chi connectivity index (χ0n) is 38.2. The normalized spacial score (nSPS) is 14.2. The molecule has 1 aromatic heterocycles. The Morgan fingerprint density at radius 1 is 0.329 bits per heavy atom. The van der Waals surface area contributed by atoms with Crippen LogP contribution in [0.4, 0.5) is 34.1 Å². The summed E-state index contributed by atoms with van der Waals surface area (Å²) in [5.41, 5.74) is 25.7. The average Bonchev–Trinajstić information content (AvgIpc) is 4.13. The lowest BCUT2D eigenvalue weighted by Gasteiger charge is -2.41. The van der Waals surface area contributed by atoms with Gasteiger partial charge in [-0.05, 0) is 138 Å². The molecular formula is C67H42N2O. The van der Waals surface area contributed by atoms with Gasteiger partial charge in [0.05, 0.1) is 33.9 Å². The van der Waals surface area contributed by atoms with Gasteiger partial charge in [-0.3, -0.25) is 0 Å². The number of fused-ring (bicyclic) bond motifs is 15. The third-order valence-corrected chi connectivity index (χ3v) is 16.1. The molecule has 3 aliphatic carbocycles. The number of benzene rings is 11. The molecule has 0 saturated heterocycles. The number of anilines is 6. The van der Waals surface area contributed by atoms with E-state index in [1.54, 1.807) is 0 Å². The van der Waals surface area contributed by atoms with Crippen molar-refractivity contribution in [2.75, 3.05) is 9.80 Å². The molecule has 0 bridgehead atoms. The van der Waals surface area contributed by atoms with Gasteiger partial charge in [-0.2, -0.15) is 0 Å². The lowest BCUT2D eigenvalue weighted by molar-refractivity contribution is 0.667. The summed E-state index contributed by atoms with van der Waals surface area (Å²) in [6.45, 7) is 0. The third kappa shape index (κ3) is 4.93. The zero-order valence-corrected chi connectivity index (χ0v) is 38.2. The fourth-order valence-electron chi connectivity index (χ4n) is 13.2. The summed E-state index contributed by atoms with van der Waals surface area (Å²) in [6.07, 6.45) is 2.14. The molecule has 0 atom stereocenters. The van der Waals surface area contributed by atoms with E-state index in [0.717, 1.165) is 80.0 Å². The second-order valence-electron chi connectivity index (χ2n) is 19.4. The maximum Gasteiger partial charge on any atom is 0.159 e. The van der Waals surface area contributed by atoms with Gasteiger partial charge in [0.25, 0.3) is 0 Å². The molecule has 2 heterocycles. The van der Waals surface area contributed by atoms with Crippen LogP contribution in [0.3, 0.4) is 0 Å². The molecule has 4 aliphatic rings. The second-order valence-corrected chi connectivity index (χ2v) is 19.4. The van der Waals surface area contributed by atoms with Crippen molar-refractivity contribution in [2.24, 2.45) is 0 Å². The number of hydrogen-bond donors (Lipinski definition) is 0. The molecule has 1 spiro atoms. The van der Waals surface area contributed by atoms with Crippen molar-refractivity contribution in [3.8, 4) is 44.5 Å². The van der Waals surface area contributed by atoms with Crippen LogP contribution >= 0.6 is 0 Å². The van der Waals surface area contributed by atoms with Gasteiger partial charge in [0.1, 0.15) is 5.58 Å². The number of rotatable bonds is 4. The molecule has 12 aromatic rings. The molecule has 3 nitrogen and oxygen atoms in total. The number of nitrogens with zero attached hydrogens (tertiary/aromatic N) is 2. The van der Waals surface area contributed by atoms with Crippen molar-refractivity contribution in [1.82, 2.24) is 0 Å². The Morgan fingerprint density at radius 3 is 1.53 bits per heavy atom. The van der Waals surface area contributed by atoms with Gasteiger partial charge < -0.3 is 14.2 Å². The van der Waals surface area contributed by atoms with Crippen molar-refractivity contribution in [3.05, 3.63) is 264 Å². The van der Waals surface area contributed by atoms with Crippen molar-refractivity contribution in [2.45, 2.75) is 18.3 Å². The molecule has 70 heavy (non-hydrogen) atoms. The molecule has 326 valence electrons. The van der Waals surface area contributed by atoms with E-state index in [0.29, 0.717) is 0 Å². The Morgan fingerprint density at radius 2 is 0.886 bits per heavy atom. The van der Waals surface area contributed by atoms with Gasteiger partial charge in [0.2, 0.25) is 0 Å². The summed E-state index contributed by atoms with van der Waals surface area (Å²) in [4.78, 5) is 4.89. The van der Waals surface area contributed by atoms with Gasteiger partial charge in [-0.15, -0.1) is 0 Å². The van der Waals surface area contributed by atoms with Crippen LogP contribution in [-0.4, -0.2) is 0 Å². The van der Waals surface area contributed by atoms with Crippen LogP contribution in [-0.2, 0) is 18.3 Å². The van der Waals surface area contributed by atoms with E-state index in [1.165, 1.54) is 77.5 Å². The first-order valence-corrected chi connectivity index (χ1v) is 24.5. The van der Waals surface area contributed by atoms with Crippen LogP contribution in [0.1, 0.15) is 33.4 Å². The van der Waals surface area contributed by atoms with Gasteiger partial charge >= 0.3 is 0 Å². The van der Waals surface area contributed by atoms with Crippen molar-refractivity contribution in [1.29, 1.82) is 0 Å². The van der Waals surface area contributed by atoms with Crippen LogP contribution in [0.2, 0.25) is 0 Å². The second kappa shape index (κ2) is 14.1. The fraction of sp³-hybridized carbons (Fsp3) is 0.0448. The van der Waals surface area contributed by atoms with Gasteiger partial charge in [0.15, 0.2) is 5.58 Å². The van der Waals surface area contributed by atoms with E-state index in [2.05, 4.69) is 240 Å². The standard InChI is InChI=1S/C67H42N2O/c1-4-15-41(16-5-1)45-31-37-57-60(39-45)68(47-19-8-3-9-20-47)61-40-46(42-17-6-2-7-18-42)32-38-58(61)69(57)59-26-14-23-50-51-34-36-56-64(66(51)70-65(50)59)52-33-29-43-27-28-44-30-35-55(63(52)62(43)44)67(56)53-24-12-10-21-48(53)49-22-11-13-25-54(49)67/h1-26,29-40H,27-28H2. The van der Waals surface area contributed by atoms with Crippen LogP contribution in [0.25, 0.3) is 77.2 Å². The highest BCUT2D eigenvalue weighted by Crippen LogP contribution is 2.64. The molecule has 0 fully saturated rings. The highest BCUT2D eigenvalue weighted by Gasteiger charge is 2.51. The van der Waals surface area contributed by atoms with E-state index in [9.17, 15) is 0 Å². The highest BCUT2D eigenvalue weighted by atomic mass is 16.3. The van der Waals surface area contributed by atoms with Crippen molar-refractivity contribution >= 4 is 66.8 Å². The van der Waals surface area contributed by atoms with Crippen molar-refractivity contribution < 1.29 is 4.42 Å². The van der Waals surface area contributed by atoms with Crippen LogP contribution < -0.4 is 9.80 Å². The minimum atomic E-state index is -0.524. The summed E-state index contributed by atoms with van der Waals surface area (Å²) in [5.74, 6) is 0. The molecule has 3 heteroatoms.